The van der Waals surface area contributed by atoms with E-state index in [1.807, 2.05) is 6.92 Å². The number of nitrogens with zero attached hydrogens (tertiary/aromatic N) is 1. The summed E-state index contributed by atoms with van der Waals surface area (Å²) in [5.74, 6) is 0.305. The van der Waals surface area contributed by atoms with Gasteiger partial charge in [-0.25, -0.2) is 13.1 Å². The molecule has 0 aliphatic heterocycles. The molecule has 0 amide bonds. The minimum Gasteiger partial charge on any atom is -0.398 e. The number of rotatable bonds is 5. The van der Waals surface area contributed by atoms with Crippen LogP contribution >= 0.6 is 0 Å². The van der Waals surface area contributed by atoms with Gasteiger partial charge in [-0.1, -0.05) is 12.8 Å². The predicted molar refractivity (Wildman–Crippen MR) is 79.3 cm³/mol. The van der Waals surface area contributed by atoms with E-state index in [-0.39, 0.29) is 22.3 Å². The topological polar surface area (TPSA) is 115 Å². The van der Waals surface area contributed by atoms with E-state index in [4.69, 9.17) is 5.73 Å². The van der Waals surface area contributed by atoms with Crippen LogP contribution in [0, 0.1) is 16.0 Å². The van der Waals surface area contributed by atoms with E-state index in [1.165, 1.54) is 12.1 Å². The average Bonchev–Trinajstić information content (AvgIpc) is 2.92. The Kier molecular flexibility index (Phi) is 4.48. The lowest BCUT2D eigenvalue weighted by Gasteiger charge is -2.20. The Bertz CT molecular complexity index is 639. The van der Waals surface area contributed by atoms with Crippen LogP contribution in [-0.2, 0) is 10.0 Å². The van der Waals surface area contributed by atoms with Crippen LogP contribution in [0.25, 0.3) is 0 Å². The van der Waals surface area contributed by atoms with E-state index in [9.17, 15) is 18.5 Å². The van der Waals surface area contributed by atoms with E-state index in [0.29, 0.717) is 5.92 Å². The first-order valence-corrected chi connectivity index (χ1v) is 8.36. The second kappa shape index (κ2) is 5.98. The number of hydrogen-bond acceptors (Lipinski definition) is 5. The SMILES string of the molecule is CC(NS(=O)(=O)c1cc([N+](=O)[O-])ccc1N)C1CCCC1. The Hall–Kier alpha value is -1.67. The van der Waals surface area contributed by atoms with Crippen LogP contribution < -0.4 is 10.5 Å². The molecule has 0 bridgehead atoms. The Morgan fingerprint density at radius 2 is 2.00 bits per heavy atom. The van der Waals surface area contributed by atoms with Gasteiger partial charge in [0.15, 0.2) is 0 Å². The smallest absolute Gasteiger partial charge is 0.270 e. The zero-order valence-electron chi connectivity index (χ0n) is 11.8. The first-order valence-electron chi connectivity index (χ1n) is 6.87. The van der Waals surface area contributed by atoms with Gasteiger partial charge in [0.05, 0.1) is 10.6 Å². The van der Waals surface area contributed by atoms with Crippen molar-refractivity contribution in [1.82, 2.24) is 4.72 Å². The third-order valence-corrected chi connectivity index (χ3v) is 5.56. The third kappa shape index (κ3) is 3.51. The fraction of sp³-hybridized carbons (Fsp3) is 0.538. The summed E-state index contributed by atoms with van der Waals surface area (Å²) < 4.78 is 27.4. The molecule has 1 aliphatic rings. The lowest BCUT2D eigenvalue weighted by atomic mass is 10.0. The number of nitrogen functional groups attached to an aromatic ring is 1. The molecule has 0 heterocycles. The molecule has 8 heteroatoms. The molecule has 1 aromatic rings. The highest BCUT2D eigenvalue weighted by Gasteiger charge is 2.28. The van der Waals surface area contributed by atoms with Crippen molar-refractivity contribution in [2.75, 3.05) is 5.73 Å². The summed E-state index contributed by atoms with van der Waals surface area (Å²) in [6.45, 7) is 1.82. The van der Waals surface area contributed by atoms with Crippen LogP contribution in [-0.4, -0.2) is 19.4 Å². The van der Waals surface area contributed by atoms with Crippen LogP contribution in [0.4, 0.5) is 11.4 Å². The van der Waals surface area contributed by atoms with Gasteiger partial charge in [0.2, 0.25) is 10.0 Å². The van der Waals surface area contributed by atoms with E-state index < -0.39 is 14.9 Å². The minimum absolute atomic E-state index is 0.00622. The number of nitrogens with one attached hydrogen (secondary N) is 1. The number of hydrogen-bond donors (Lipinski definition) is 2. The molecule has 1 unspecified atom stereocenters. The second-order valence-corrected chi connectivity index (χ2v) is 7.12. The predicted octanol–water partition coefficient (Wildman–Crippen LogP) is 2.03. The summed E-state index contributed by atoms with van der Waals surface area (Å²) in [6.07, 6.45) is 4.20. The van der Waals surface area contributed by atoms with E-state index in [0.717, 1.165) is 31.7 Å². The highest BCUT2D eigenvalue weighted by atomic mass is 32.2. The van der Waals surface area contributed by atoms with Crippen molar-refractivity contribution in [3.05, 3.63) is 28.3 Å². The molecule has 1 aliphatic carbocycles. The Morgan fingerprint density at radius 1 is 1.38 bits per heavy atom. The van der Waals surface area contributed by atoms with E-state index >= 15 is 0 Å². The van der Waals surface area contributed by atoms with Crippen molar-refractivity contribution < 1.29 is 13.3 Å². The van der Waals surface area contributed by atoms with Gasteiger partial charge in [0.1, 0.15) is 4.90 Å². The maximum atomic E-state index is 12.4. The molecular formula is C13H19N3O4S. The monoisotopic (exact) mass is 313 g/mol. The van der Waals surface area contributed by atoms with Gasteiger partial charge < -0.3 is 5.73 Å². The van der Waals surface area contributed by atoms with Crippen LogP contribution in [0.15, 0.2) is 23.1 Å². The molecule has 0 radical (unpaired) electrons. The van der Waals surface area contributed by atoms with E-state index in [1.54, 1.807) is 0 Å². The van der Waals surface area contributed by atoms with Gasteiger partial charge in [-0.15, -0.1) is 0 Å². The van der Waals surface area contributed by atoms with Gasteiger partial charge in [-0.3, -0.25) is 10.1 Å². The fourth-order valence-electron chi connectivity index (χ4n) is 2.73. The highest BCUT2D eigenvalue weighted by Crippen LogP contribution is 2.29. The summed E-state index contributed by atoms with van der Waals surface area (Å²) in [5, 5.41) is 10.8. The molecule has 1 saturated carbocycles. The largest absolute Gasteiger partial charge is 0.398 e. The second-order valence-electron chi connectivity index (χ2n) is 5.43. The number of benzene rings is 1. The Morgan fingerprint density at radius 3 is 2.57 bits per heavy atom. The van der Waals surface area contributed by atoms with Crippen LogP contribution in [0.5, 0.6) is 0 Å². The lowest BCUT2D eigenvalue weighted by Crippen LogP contribution is -2.37. The van der Waals surface area contributed by atoms with Crippen molar-refractivity contribution in [2.24, 2.45) is 5.92 Å². The van der Waals surface area contributed by atoms with Crippen LogP contribution in [0.3, 0.4) is 0 Å². The Labute approximate surface area is 123 Å². The number of nitrogens with two attached hydrogens (primary N) is 1. The summed E-state index contributed by atoms with van der Waals surface area (Å²) in [4.78, 5) is 9.90. The Balaban J connectivity index is 2.26. The maximum absolute atomic E-state index is 12.4. The van der Waals surface area contributed by atoms with Crippen molar-refractivity contribution >= 4 is 21.4 Å². The maximum Gasteiger partial charge on any atom is 0.270 e. The van der Waals surface area contributed by atoms with Crippen molar-refractivity contribution in [1.29, 1.82) is 0 Å². The molecule has 1 atom stereocenters. The van der Waals surface area contributed by atoms with Gasteiger partial charge in [0, 0.05) is 18.2 Å². The number of sulfonamides is 1. The number of non-ortho nitro benzene ring substituents is 1. The zero-order valence-corrected chi connectivity index (χ0v) is 12.6. The standard InChI is InChI=1S/C13H19N3O4S/c1-9(10-4-2-3-5-10)15-21(19,20)13-8-11(16(17)18)6-7-12(13)14/h6-10,15H,2-5,14H2,1H3. The van der Waals surface area contributed by atoms with Crippen LogP contribution in [0.1, 0.15) is 32.6 Å². The van der Waals surface area contributed by atoms with Crippen LogP contribution in [0.2, 0.25) is 0 Å². The molecule has 0 spiro atoms. The normalized spacial score (nSPS) is 17.8. The summed E-state index contributed by atoms with van der Waals surface area (Å²) >= 11 is 0. The minimum atomic E-state index is -3.86. The van der Waals surface area contributed by atoms with Gasteiger partial charge in [0.25, 0.3) is 5.69 Å². The first-order chi connectivity index (χ1) is 9.81. The molecular weight excluding hydrogens is 294 g/mol. The third-order valence-electron chi connectivity index (χ3n) is 3.95. The fourth-order valence-corrected chi connectivity index (χ4v) is 4.19. The van der Waals surface area contributed by atoms with Gasteiger partial charge in [-0.2, -0.15) is 0 Å². The van der Waals surface area contributed by atoms with Crippen molar-refractivity contribution in [3.63, 3.8) is 0 Å². The molecule has 7 nitrogen and oxygen atoms in total. The van der Waals surface area contributed by atoms with Gasteiger partial charge >= 0.3 is 0 Å². The quantitative estimate of drug-likeness (QED) is 0.490. The molecule has 3 N–H and O–H groups in total. The molecule has 1 fully saturated rings. The molecule has 1 aromatic carbocycles. The van der Waals surface area contributed by atoms with Gasteiger partial charge in [-0.05, 0) is 31.7 Å². The molecule has 0 saturated heterocycles. The molecule has 0 aromatic heterocycles. The number of anilines is 1. The zero-order chi connectivity index (χ0) is 15.6. The molecule has 2 rings (SSSR count). The average molecular weight is 313 g/mol. The lowest BCUT2D eigenvalue weighted by molar-refractivity contribution is -0.385. The summed E-state index contributed by atoms with van der Waals surface area (Å²) in [7, 11) is -3.86. The number of nitro benzene ring substituents is 1. The van der Waals surface area contributed by atoms with Crippen molar-refractivity contribution in [3.8, 4) is 0 Å². The molecule has 116 valence electrons. The van der Waals surface area contributed by atoms with Crippen molar-refractivity contribution in [2.45, 2.75) is 43.5 Å². The summed E-state index contributed by atoms with van der Waals surface area (Å²) in [6, 6.07) is 3.22. The summed E-state index contributed by atoms with van der Waals surface area (Å²) in [5.41, 5.74) is 5.38. The van der Waals surface area contributed by atoms with E-state index in [2.05, 4.69) is 4.72 Å². The number of nitro groups is 1. The first kappa shape index (κ1) is 15.7. The molecule has 21 heavy (non-hydrogen) atoms. The highest BCUT2D eigenvalue weighted by molar-refractivity contribution is 7.89.